The first-order valence-electron chi connectivity index (χ1n) is 11.9. The lowest BCUT2D eigenvalue weighted by molar-refractivity contribution is -0.144. The lowest BCUT2D eigenvalue weighted by atomic mass is 9.88. The first kappa shape index (κ1) is 23.1. The smallest absolute Gasteiger partial charge is 0.333 e. The third kappa shape index (κ3) is 4.68. The summed E-state index contributed by atoms with van der Waals surface area (Å²) in [5.74, 6) is -1.51. The maximum absolute atomic E-state index is 13.5. The first-order chi connectivity index (χ1) is 15.8. The topological polar surface area (TPSA) is 109 Å². The molecule has 1 fully saturated rings. The maximum atomic E-state index is 13.5. The molecule has 2 aliphatic rings. The number of aryl methyl sites for hydroxylation is 1. The van der Waals surface area contributed by atoms with Gasteiger partial charge in [-0.2, -0.15) is 0 Å². The van der Waals surface area contributed by atoms with Gasteiger partial charge in [0.1, 0.15) is 11.3 Å². The molecule has 0 aliphatic heterocycles. The highest BCUT2D eigenvalue weighted by molar-refractivity contribution is 5.98. The van der Waals surface area contributed by atoms with Gasteiger partial charge in [0, 0.05) is 12.2 Å². The van der Waals surface area contributed by atoms with E-state index in [4.69, 9.17) is 0 Å². The number of benzene rings is 1. The minimum absolute atomic E-state index is 0.00176. The van der Waals surface area contributed by atoms with Gasteiger partial charge in [0.2, 0.25) is 0 Å². The Balaban J connectivity index is 1.70. The Morgan fingerprint density at radius 3 is 2.39 bits per heavy atom. The van der Waals surface area contributed by atoms with E-state index in [0.717, 1.165) is 49.8 Å². The number of amides is 1. The fraction of sp³-hybridized carbons (Fsp3) is 0.500. The number of carbonyl (C=O) groups is 2. The zero-order chi connectivity index (χ0) is 23.6. The van der Waals surface area contributed by atoms with E-state index in [9.17, 15) is 24.6 Å². The van der Waals surface area contributed by atoms with Gasteiger partial charge in [-0.15, -0.1) is 0 Å². The summed E-state index contributed by atoms with van der Waals surface area (Å²) >= 11 is 0. The van der Waals surface area contributed by atoms with E-state index in [1.807, 2.05) is 0 Å². The third-order valence-electron chi connectivity index (χ3n) is 7.25. The molecule has 4 rings (SSSR count). The predicted molar refractivity (Wildman–Crippen MR) is 124 cm³/mol. The van der Waals surface area contributed by atoms with Crippen molar-refractivity contribution in [2.24, 2.45) is 5.92 Å². The van der Waals surface area contributed by atoms with Crippen LogP contribution in [-0.2, 0) is 29.7 Å². The van der Waals surface area contributed by atoms with Crippen molar-refractivity contribution in [2.45, 2.75) is 76.8 Å². The number of pyridine rings is 1. The number of phenolic OH excluding ortho intramolecular Hbond substituents is 1. The van der Waals surface area contributed by atoms with Crippen LogP contribution in [0, 0.1) is 5.92 Å². The fourth-order valence-electron chi connectivity index (χ4n) is 5.20. The molecule has 7 nitrogen and oxygen atoms in total. The predicted octanol–water partition coefficient (Wildman–Crippen LogP) is 3.74. The molecule has 7 heteroatoms. The van der Waals surface area contributed by atoms with Gasteiger partial charge >= 0.3 is 5.97 Å². The van der Waals surface area contributed by atoms with E-state index >= 15 is 0 Å². The first-order valence-corrected chi connectivity index (χ1v) is 11.9. The Bertz CT molecular complexity index is 1100. The van der Waals surface area contributed by atoms with Crippen molar-refractivity contribution < 1.29 is 19.8 Å². The summed E-state index contributed by atoms with van der Waals surface area (Å²) in [4.78, 5) is 39.0. The minimum Gasteiger partial charge on any atom is -0.508 e. The summed E-state index contributed by atoms with van der Waals surface area (Å²) in [6, 6.07) is 7.33. The van der Waals surface area contributed by atoms with Crippen LogP contribution in [0.15, 0.2) is 35.1 Å². The molecule has 1 atom stereocenters. The Morgan fingerprint density at radius 2 is 1.73 bits per heavy atom. The summed E-state index contributed by atoms with van der Waals surface area (Å²) in [5.41, 5.74) is 0.273. The second-order valence-corrected chi connectivity index (χ2v) is 9.59. The van der Waals surface area contributed by atoms with E-state index in [0.29, 0.717) is 18.0 Å². The van der Waals surface area contributed by atoms with Gasteiger partial charge in [0.05, 0.1) is 0 Å². The fourth-order valence-corrected chi connectivity index (χ4v) is 5.20. The highest BCUT2D eigenvalue weighted by Gasteiger charge is 2.38. The Hall–Kier alpha value is -3.09. The number of hydrogen-bond donors (Lipinski definition) is 3. The van der Waals surface area contributed by atoms with Crippen LogP contribution in [0.1, 0.15) is 79.0 Å². The van der Waals surface area contributed by atoms with Crippen LogP contribution in [0.25, 0.3) is 0 Å². The molecule has 0 spiro atoms. The maximum Gasteiger partial charge on any atom is 0.333 e. The van der Waals surface area contributed by atoms with Gasteiger partial charge in [-0.05, 0) is 80.7 Å². The van der Waals surface area contributed by atoms with Crippen LogP contribution in [-0.4, -0.2) is 26.7 Å². The monoisotopic (exact) mass is 452 g/mol. The SMILES string of the molecule is CC(NC(=O)c1cc2c(n(CC3CCCCC3)c1=O)CCCC2)(C(=O)O)c1ccc(O)cc1. The summed E-state index contributed by atoms with van der Waals surface area (Å²) in [6.07, 6.45) is 9.45. The van der Waals surface area contributed by atoms with Crippen LogP contribution < -0.4 is 10.9 Å². The Morgan fingerprint density at radius 1 is 1.06 bits per heavy atom. The van der Waals surface area contributed by atoms with Crippen LogP contribution in [0.3, 0.4) is 0 Å². The number of carboxylic acids is 1. The molecule has 0 radical (unpaired) electrons. The zero-order valence-corrected chi connectivity index (χ0v) is 19.1. The number of aromatic hydroxyl groups is 1. The highest BCUT2D eigenvalue weighted by Crippen LogP contribution is 2.28. The largest absolute Gasteiger partial charge is 0.508 e. The van der Waals surface area contributed by atoms with Gasteiger partial charge in [-0.3, -0.25) is 9.59 Å². The minimum atomic E-state index is -1.75. The molecule has 1 unspecified atom stereocenters. The van der Waals surface area contributed by atoms with E-state index in [-0.39, 0.29) is 16.9 Å². The number of nitrogens with one attached hydrogen (secondary N) is 1. The molecule has 33 heavy (non-hydrogen) atoms. The lowest BCUT2D eigenvalue weighted by Crippen LogP contribution is -2.51. The van der Waals surface area contributed by atoms with E-state index in [1.54, 1.807) is 10.6 Å². The molecule has 2 aromatic rings. The highest BCUT2D eigenvalue weighted by atomic mass is 16.4. The van der Waals surface area contributed by atoms with Gasteiger partial charge in [0.15, 0.2) is 5.54 Å². The van der Waals surface area contributed by atoms with Crippen LogP contribution in [0.2, 0.25) is 0 Å². The molecule has 1 aromatic heterocycles. The molecular formula is C26H32N2O5. The molecule has 0 bridgehead atoms. The van der Waals surface area contributed by atoms with Gasteiger partial charge < -0.3 is 20.1 Å². The summed E-state index contributed by atoms with van der Waals surface area (Å²) in [7, 11) is 0. The zero-order valence-electron chi connectivity index (χ0n) is 19.1. The number of fused-ring (bicyclic) bond motifs is 1. The van der Waals surface area contributed by atoms with Crippen molar-refractivity contribution in [1.29, 1.82) is 0 Å². The molecule has 2 aliphatic carbocycles. The van der Waals surface area contributed by atoms with Crippen molar-refractivity contribution >= 4 is 11.9 Å². The Labute approximate surface area is 193 Å². The van der Waals surface area contributed by atoms with Crippen molar-refractivity contribution in [3.8, 4) is 5.75 Å². The summed E-state index contributed by atoms with van der Waals surface area (Å²) < 4.78 is 1.80. The Kier molecular flexibility index (Phi) is 6.58. The normalized spacial score (nSPS) is 18.2. The van der Waals surface area contributed by atoms with Crippen LogP contribution in [0.5, 0.6) is 5.75 Å². The number of phenols is 1. The summed E-state index contributed by atoms with van der Waals surface area (Å²) in [6.45, 7) is 2.01. The molecule has 1 saturated carbocycles. The molecule has 3 N–H and O–H groups in total. The van der Waals surface area contributed by atoms with Crippen molar-refractivity contribution in [3.05, 3.63) is 63.1 Å². The van der Waals surface area contributed by atoms with E-state index in [1.165, 1.54) is 50.5 Å². The number of carbonyl (C=O) groups excluding carboxylic acids is 1. The van der Waals surface area contributed by atoms with Crippen LogP contribution in [0.4, 0.5) is 0 Å². The second-order valence-electron chi connectivity index (χ2n) is 9.59. The number of nitrogens with zero attached hydrogens (tertiary/aromatic N) is 1. The standard InChI is InChI=1S/C26H32N2O5/c1-26(25(32)33,19-11-13-20(29)14-12-19)27-23(30)21-15-18-9-5-6-10-22(18)28(24(21)31)16-17-7-3-2-4-8-17/h11-15,17,29H,2-10,16H2,1H3,(H,27,30)(H,32,33). The number of rotatable bonds is 6. The molecule has 176 valence electrons. The number of hydrogen-bond acceptors (Lipinski definition) is 4. The molecule has 1 heterocycles. The van der Waals surface area contributed by atoms with Crippen LogP contribution >= 0.6 is 0 Å². The molecule has 0 saturated heterocycles. The summed E-state index contributed by atoms with van der Waals surface area (Å²) in [5, 5.41) is 22.1. The van der Waals surface area contributed by atoms with E-state index < -0.39 is 17.4 Å². The van der Waals surface area contributed by atoms with Crippen molar-refractivity contribution in [1.82, 2.24) is 9.88 Å². The average Bonchev–Trinajstić information content (AvgIpc) is 2.81. The van der Waals surface area contributed by atoms with E-state index in [2.05, 4.69) is 5.32 Å². The van der Waals surface area contributed by atoms with Crippen molar-refractivity contribution in [3.63, 3.8) is 0 Å². The average molecular weight is 453 g/mol. The third-order valence-corrected chi connectivity index (χ3v) is 7.25. The number of carboxylic acid groups (broad SMARTS) is 1. The van der Waals surface area contributed by atoms with Gasteiger partial charge in [0.25, 0.3) is 11.5 Å². The van der Waals surface area contributed by atoms with Gasteiger partial charge in [-0.25, -0.2) is 4.79 Å². The second kappa shape index (κ2) is 9.41. The van der Waals surface area contributed by atoms with Gasteiger partial charge in [-0.1, -0.05) is 31.4 Å². The number of aliphatic carboxylic acids is 1. The molecular weight excluding hydrogens is 420 g/mol. The quantitative estimate of drug-likeness (QED) is 0.619. The number of aromatic nitrogens is 1. The lowest BCUT2D eigenvalue weighted by Gasteiger charge is -2.29. The molecule has 1 aromatic carbocycles. The van der Waals surface area contributed by atoms with Crippen molar-refractivity contribution in [2.75, 3.05) is 0 Å². The molecule has 1 amide bonds.